The molecule has 0 spiro atoms. The van der Waals surface area contributed by atoms with Crippen molar-refractivity contribution in [3.05, 3.63) is 41.1 Å². The van der Waals surface area contributed by atoms with Crippen LogP contribution in [0.15, 0.2) is 41.1 Å². The Balaban J connectivity index is 0.00000128. The average Bonchev–Trinajstić information content (AvgIpc) is 2.68. The number of aromatic nitrogens is 2. The molecule has 0 unspecified atom stereocenters. The fraction of sp³-hybridized carbons (Fsp3) is 0.182. The van der Waals surface area contributed by atoms with E-state index in [4.69, 9.17) is 5.73 Å². The van der Waals surface area contributed by atoms with E-state index in [1.54, 1.807) is 0 Å². The van der Waals surface area contributed by atoms with Gasteiger partial charge in [-0.1, -0.05) is 28.1 Å². The molecular weight excluding hydrogens is 289 g/mol. The normalized spacial score (nSPS) is 9.88. The lowest BCUT2D eigenvalue weighted by Crippen LogP contribution is -2.09. The Bertz CT molecular complexity index is 439. The topological polar surface area (TPSA) is 43.8 Å². The van der Waals surface area contributed by atoms with Crippen LogP contribution < -0.4 is 5.73 Å². The molecule has 0 fully saturated rings. The van der Waals surface area contributed by atoms with Crippen molar-refractivity contribution in [3.63, 3.8) is 0 Å². The summed E-state index contributed by atoms with van der Waals surface area (Å²) in [6.45, 7) is 1.37. The fourth-order valence-corrected chi connectivity index (χ4v) is 1.67. The zero-order chi connectivity index (χ0) is 10.7. The van der Waals surface area contributed by atoms with Gasteiger partial charge in [-0.15, -0.1) is 12.4 Å². The van der Waals surface area contributed by atoms with E-state index in [1.165, 1.54) is 5.56 Å². The van der Waals surface area contributed by atoms with E-state index in [1.807, 2.05) is 29.2 Å². The number of hydrogen-bond donors (Lipinski definition) is 1. The molecule has 1 heterocycles. The minimum Gasteiger partial charge on any atom is -0.329 e. The van der Waals surface area contributed by atoms with Crippen LogP contribution in [-0.2, 0) is 6.54 Å². The summed E-state index contributed by atoms with van der Waals surface area (Å²) in [7, 11) is 0. The third-order valence-electron chi connectivity index (χ3n) is 2.17. The van der Waals surface area contributed by atoms with Crippen LogP contribution in [0.1, 0.15) is 0 Å². The molecule has 0 aliphatic rings. The summed E-state index contributed by atoms with van der Waals surface area (Å²) < 4.78 is 2.94. The zero-order valence-electron chi connectivity index (χ0n) is 8.64. The maximum Gasteiger partial charge on any atom is 0.0568 e. The highest BCUT2D eigenvalue weighted by molar-refractivity contribution is 9.10. The van der Waals surface area contributed by atoms with Crippen molar-refractivity contribution in [2.24, 2.45) is 5.73 Å². The highest BCUT2D eigenvalue weighted by atomic mass is 79.9. The molecule has 0 radical (unpaired) electrons. The molecule has 1 aromatic heterocycles. The molecule has 0 aliphatic heterocycles. The van der Waals surface area contributed by atoms with Crippen LogP contribution in [0.4, 0.5) is 0 Å². The van der Waals surface area contributed by atoms with Gasteiger partial charge < -0.3 is 5.73 Å². The van der Waals surface area contributed by atoms with Crippen LogP contribution in [-0.4, -0.2) is 16.3 Å². The van der Waals surface area contributed by atoms with E-state index in [9.17, 15) is 0 Å². The molecule has 5 heteroatoms. The summed E-state index contributed by atoms with van der Waals surface area (Å²) in [5.41, 5.74) is 7.75. The van der Waals surface area contributed by atoms with Crippen molar-refractivity contribution < 1.29 is 0 Å². The molecule has 2 aromatic rings. The Morgan fingerprint density at radius 1 is 1.19 bits per heavy atom. The van der Waals surface area contributed by atoms with Crippen LogP contribution in [0, 0.1) is 0 Å². The minimum absolute atomic E-state index is 0. The van der Waals surface area contributed by atoms with Gasteiger partial charge in [0.15, 0.2) is 0 Å². The molecule has 0 bridgehead atoms. The van der Waals surface area contributed by atoms with Crippen molar-refractivity contribution in [1.29, 1.82) is 0 Å². The summed E-state index contributed by atoms with van der Waals surface area (Å²) in [6.07, 6.45) is 3.87. The summed E-state index contributed by atoms with van der Waals surface area (Å²) in [6, 6.07) is 8.17. The monoisotopic (exact) mass is 301 g/mol. The van der Waals surface area contributed by atoms with E-state index in [0.29, 0.717) is 6.54 Å². The second-order valence-corrected chi connectivity index (χ2v) is 4.20. The van der Waals surface area contributed by atoms with E-state index >= 15 is 0 Å². The molecule has 0 saturated carbocycles. The molecule has 2 rings (SSSR count). The molecular formula is C11H13BrClN3. The van der Waals surface area contributed by atoms with Crippen LogP contribution in [0.3, 0.4) is 0 Å². The molecule has 0 amide bonds. The number of halogens is 2. The third-order valence-corrected chi connectivity index (χ3v) is 2.70. The molecule has 16 heavy (non-hydrogen) atoms. The van der Waals surface area contributed by atoms with Crippen molar-refractivity contribution in [2.45, 2.75) is 6.54 Å². The van der Waals surface area contributed by atoms with Gasteiger partial charge in [-0.3, -0.25) is 4.68 Å². The summed E-state index contributed by atoms with van der Waals surface area (Å²) in [5, 5.41) is 4.23. The highest BCUT2D eigenvalue weighted by Gasteiger charge is 2.00. The molecule has 2 N–H and O–H groups in total. The Hall–Kier alpha value is -0.840. The number of benzene rings is 1. The van der Waals surface area contributed by atoms with E-state index in [-0.39, 0.29) is 12.4 Å². The lowest BCUT2D eigenvalue weighted by atomic mass is 10.1. The lowest BCUT2D eigenvalue weighted by Gasteiger charge is -1.97. The Morgan fingerprint density at radius 3 is 2.50 bits per heavy atom. The predicted molar refractivity (Wildman–Crippen MR) is 71.7 cm³/mol. The van der Waals surface area contributed by atoms with E-state index < -0.39 is 0 Å². The molecule has 0 saturated heterocycles. The standard InChI is InChI=1S/C11H12BrN3.ClH/c12-11-3-1-9(2-4-11)10-7-14-15(8-10)6-5-13;/h1-4,7-8H,5-6,13H2;1H. The second-order valence-electron chi connectivity index (χ2n) is 3.29. The third kappa shape index (κ3) is 3.07. The van der Waals surface area contributed by atoms with E-state index in [0.717, 1.165) is 16.6 Å². The average molecular weight is 303 g/mol. The van der Waals surface area contributed by atoms with Crippen LogP contribution in [0.2, 0.25) is 0 Å². The molecule has 86 valence electrons. The van der Waals surface area contributed by atoms with Crippen LogP contribution >= 0.6 is 28.3 Å². The van der Waals surface area contributed by atoms with Gasteiger partial charge in [0, 0.05) is 22.8 Å². The first kappa shape index (κ1) is 13.2. The fourth-order valence-electron chi connectivity index (χ4n) is 1.41. The quantitative estimate of drug-likeness (QED) is 0.947. The van der Waals surface area contributed by atoms with Crippen molar-refractivity contribution in [3.8, 4) is 11.1 Å². The maximum absolute atomic E-state index is 5.46. The first-order valence-electron chi connectivity index (χ1n) is 4.78. The number of rotatable bonds is 3. The lowest BCUT2D eigenvalue weighted by molar-refractivity contribution is 0.625. The highest BCUT2D eigenvalue weighted by Crippen LogP contribution is 2.20. The Morgan fingerprint density at radius 2 is 1.88 bits per heavy atom. The Kier molecular flexibility index (Phi) is 4.99. The van der Waals surface area contributed by atoms with Gasteiger partial charge in [0.2, 0.25) is 0 Å². The van der Waals surface area contributed by atoms with Crippen LogP contribution in [0.25, 0.3) is 11.1 Å². The number of nitrogens with two attached hydrogens (primary N) is 1. The maximum atomic E-state index is 5.46. The molecule has 0 atom stereocenters. The smallest absolute Gasteiger partial charge is 0.0568 e. The van der Waals surface area contributed by atoms with Crippen molar-refractivity contribution in [1.82, 2.24) is 9.78 Å². The SMILES string of the molecule is Cl.NCCn1cc(-c2ccc(Br)cc2)cn1. The first-order chi connectivity index (χ1) is 7.29. The van der Waals surface area contributed by atoms with Gasteiger partial charge in [0.25, 0.3) is 0 Å². The van der Waals surface area contributed by atoms with Gasteiger partial charge in [-0.25, -0.2) is 0 Å². The van der Waals surface area contributed by atoms with Gasteiger partial charge in [-0.05, 0) is 17.7 Å². The van der Waals surface area contributed by atoms with E-state index in [2.05, 4.69) is 33.2 Å². The summed E-state index contributed by atoms with van der Waals surface area (Å²) in [4.78, 5) is 0. The van der Waals surface area contributed by atoms with Crippen molar-refractivity contribution >= 4 is 28.3 Å². The molecule has 3 nitrogen and oxygen atoms in total. The van der Waals surface area contributed by atoms with Gasteiger partial charge >= 0.3 is 0 Å². The first-order valence-corrected chi connectivity index (χ1v) is 5.57. The number of nitrogens with zero attached hydrogens (tertiary/aromatic N) is 2. The van der Waals surface area contributed by atoms with Gasteiger partial charge in [-0.2, -0.15) is 5.10 Å². The zero-order valence-corrected chi connectivity index (χ0v) is 11.0. The second kappa shape index (κ2) is 6.03. The van der Waals surface area contributed by atoms with Crippen molar-refractivity contribution in [2.75, 3.05) is 6.54 Å². The summed E-state index contributed by atoms with van der Waals surface area (Å²) >= 11 is 3.41. The predicted octanol–water partition coefficient (Wildman–Crippen LogP) is 2.69. The van der Waals surface area contributed by atoms with Gasteiger partial charge in [0.1, 0.15) is 0 Å². The summed E-state index contributed by atoms with van der Waals surface area (Å²) in [5.74, 6) is 0. The van der Waals surface area contributed by atoms with Crippen LogP contribution in [0.5, 0.6) is 0 Å². The largest absolute Gasteiger partial charge is 0.329 e. The molecule has 1 aromatic carbocycles. The molecule has 0 aliphatic carbocycles. The number of hydrogen-bond acceptors (Lipinski definition) is 2. The minimum atomic E-state index is 0. The van der Waals surface area contributed by atoms with Gasteiger partial charge in [0.05, 0.1) is 12.7 Å². The Labute approximate surface area is 109 Å².